The van der Waals surface area contributed by atoms with Crippen LogP contribution in [0.5, 0.6) is 0 Å². The minimum Gasteiger partial charge on any atom is -0.310 e. The lowest BCUT2D eigenvalue weighted by molar-refractivity contribution is -0.141. The minimum absolute atomic E-state index is 0.0761. The van der Waals surface area contributed by atoms with Crippen LogP contribution in [-0.2, 0) is 18.4 Å². The maximum absolute atomic E-state index is 13.1. The highest BCUT2D eigenvalue weighted by Crippen LogP contribution is 2.30. The van der Waals surface area contributed by atoms with Crippen molar-refractivity contribution >= 4 is 23.5 Å². The van der Waals surface area contributed by atoms with Crippen LogP contribution in [-0.4, -0.2) is 37.2 Å². The Morgan fingerprint density at radius 3 is 2.57 bits per heavy atom. The summed E-state index contributed by atoms with van der Waals surface area (Å²) in [6, 6.07) is 10.4. The fourth-order valence-corrected chi connectivity index (χ4v) is 3.46. The molecule has 0 aliphatic carbocycles. The van der Waals surface area contributed by atoms with Gasteiger partial charge in [-0.1, -0.05) is 42.1 Å². The molecule has 2 heterocycles. The maximum Gasteiger partial charge on any atom is 0.406 e. The van der Waals surface area contributed by atoms with Gasteiger partial charge in [0.15, 0.2) is 5.16 Å². The van der Waals surface area contributed by atoms with E-state index in [0.717, 1.165) is 22.0 Å². The van der Waals surface area contributed by atoms with Gasteiger partial charge in [0.25, 0.3) is 0 Å². The van der Waals surface area contributed by atoms with Gasteiger partial charge in [0.2, 0.25) is 5.91 Å². The van der Waals surface area contributed by atoms with Crippen molar-refractivity contribution in [1.29, 1.82) is 0 Å². The molecule has 0 radical (unpaired) electrons. The summed E-state index contributed by atoms with van der Waals surface area (Å²) in [5, 5.41) is 6.95. The van der Waals surface area contributed by atoms with Crippen molar-refractivity contribution in [3.05, 3.63) is 48.3 Å². The number of anilines is 1. The van der Waals surface area contributed by atoms with Crippen molar-refractivity contribution in [3.63, 3.8) is 0 Å². The lowest BCUT2D eigenvalue weighted by Crippen LogP contribution is -2.20. The highest BCUT2D eigenvalue weighted by atomic mass is 32.2. The molecule has 0 unspecified atom stereocenters. The van der Waals surface area contributed by atoms with Gasteiger partial charge < -0.3 is 9.88 Å². The second kappa shape index (κ2) is 8.09. The van der Waals surface area contributed by atoms with Gasteiger partial charge in [-0.15, -0.1) is 0 Å². The molecule has 0 aliphatic heterocycles. The molecule has 148 valence electrons. The third kappa shape index (κ3) is 4.94. The Balaban J connectivity index is 1.77. The van der Waals surface area contributed by atoms with Crippen LogP contribution in [0.1, 0.15) is 5.69 Å². The number of carbonyl (C=O) groups excluding carboxylic acids is 1. The van der Waals surface area contributed by atoms with E-state index in [4.69, 9.17) is 0 Å². The number of nitrogens with zero attached hydrogens (tertiary/aromatic N) is 4. The molecule has 3 aromatic rings. The normalized spacial score (nSPS) is 11.6. The molecule has 0 atom stereocenters. The fraction of sp³-hybridized carbons (Fsp3) is 0.278. The number of aryl methyl sites for hydroxylation is 2. The van der Waals surface area contributed by atoms with Crippen LogP contribution in [0.25, 0.3) is 11.3 Å². The van der Waals surface area contributed by atoms with Crippen molar-refractivity contribution in [3.8, 4) is 11.3 Å². The number of halogens is 3. The summed E-state index contributed by atoms with van der Waals surface area (Å²) >= 11 is 0.953. The van der Waals surface area contributed by atoms with E-state index in [1.54, 1.807) is 50.4 Å². The zero-order valence-corrected chi connectivity index (χ0v) is 16.0. The molecule has 0 aliphatic rings. The number of aromatic nitrogens is 4. The number of nitrogens with one attached hydrogen (secondary N) is 1. The smallest absolute Gasteiger partial charge is 0.310 e. The Kier molecular flexibility index (Phi) is 5.78. The first-order valence-electron chi connectivity index (χ1n) is 8.34. The van der Waals surface area contributed by atoms with Gasteiger partial charge in [-0.05, 0) is 12.5 Å². The Bertz CT molecular complexity index is 966. The number of alkyl halides is 3. The number of hydrogen-bond acceptors (Lipinski definition) is 4. The van der Waals surface area contributed by atoms with E-state index in [1.165, 1.54) is 10.9 Å². The van der Waals surface area contributed by atoms with Crippen molar-refractivity contribution < 1.29 is 18.0 Å². The van der Waals surface area contributed by atoms with E-state index in [-0.39, 0.29) is 16.8 Å². The van der Waals surface area contributed by atoms with Crippen LogP contribution in [0.4, 0.5) is 19.0 Å². The van der Waals surface area contributed by atoms with Crippen molar-refractivity contribution in [2.24, 2.45) is 7.05 Å². The zero-order valence-electron chi connectivity index (χ0n) is 15.2. The molecule has 3 rings (SSSR count). The third-order valence-electron chi connectivity index (χ3n) is 3.83. The quantitative estimate of drug-likeness (QED) is 0.628. The first-order chi connectivity index (χ1) is 13.2. The Hall–Kier alpha value is -2.75. The summed E-state index contributed by atoms with van der Waals surface area (Å²) in [6.07, 6.45) is -3.01. The molecule has 2 aromatic heterocycles. The second-order valence-electron chi connectivity index (χ2n) is 6.12. The fourth-order valence-electron chi connectivity index (χ4n) is 2.68. The van der Waals surface area contributed by atoms with Crippen LogP contribution < -0.4 is 5.32 Å². The minimum atomic E-state index is -4.41. The molecule has 0 spiro atoms. The van der Waals surface area contributed by atoms with Crippen molar-refractivity contribution in [1.82, 2.24) is 19.3 Å². The lowest BCUT2D eigenvalue weighted by Gasteiger charge is -2.14. The Morgan fingerprint density at radius 1 is 1.25 bits per heavy atom. The van der Waals surface area contributed by atoms with E-state index in [1.807, 2.05) is 0 Å². The molecule has 6 nitrogen and oxygen atoms in total. The first kappa shape index (κ1) is 20.0. The molecule has 10 heteroatoms. The summed E-state index contributed by atoms with van der Waals surface area (Å²) in [5.74, 6) is 0.0929. The highest BCUT2D eigenvalue weighted by Gasteiger charge is 2.31. The molecule has 1 aromatic carbocycles. The number of benzene rings is 1. The highest BCUT2D eigenvalue weighted by molar-refractivity contribution is 7.99. The van der Waals surface area contributed by atoms with Gasteiger partial charge in [0.05, 0.1) is 23.3 Å². The summed E-state index contributed by atoms with van der Waals surface area (Å²) in [5.41, 5.74) is 1.72. The average molecular weight is 409 g/mol. The topological polar surface area (TPSA) is 64.7 Å². The SMILES string of the molecule is Cc1cc(NC(=O)CSc2ncc(-c3ccccc3)n2CC(F)(F)F)n(C)n1. The molecule has 0 bridgehead atoms. The molecular weight excluding hydrogens is 391 g/mol. The van der Waals surface area contributed by atoms with Crippen LogP contribution in [0.15, 0.2) is 47.8 Å². The van der Waals surface area contributed by atoms with Gasteiger partial charge >= 0.3 is 6.18 Å². The van der Waals surface area contributed by atoms with Crippen LogP contribution in [0.2, 0.25) is 0 Å². The number of hydrogen-bond donors (Lipinski definition) is 1. The van der Waals surface area contributed by atoms with Gasteiger partial charge in [0, 0.05) is 13.1 Å². The second-order valence-corrected chi connectivity index (χ2v) is 7.07. The van der Waals surface area contributed by atoms with Crippen molar-refractivity contribution in [2.45, 2.75) is 24.8 Å². The standard InChI is InChI=1S/C18H18F3N5OS/c1-12-8-15(25(2)24-12)23-16(27)10-28-17-22-9-14(13-6-4-3-5-7-13)26(17)11-18(19,20)21/h3-9H,10-11H2,1-2H3,(H,23,27). The lowest BCUT2D eigenvalue weighted by atomic mass is 10.2. The van der Waals surface area contributed by atoms with Crippen LogP contribution >= 0.6 is 11.8 Å². The number of thioether (sulfide) groups is 1. The predicted molar refractivity (Wildman–Crippen MR) is 101 cm³/mol. The average Bonchev–Trinajstić information content (AvgIpc) is 3.15. The van der Waals surface area contributed by atoms with Gasteiger partial charge in [-0.25, -0.2) is 4.98 Å². The Labute approximate surface area is 163 Å². The van der Waals surface area contributed by atoms with E-state index in [2.05, 4.69) is 15.4 Å². The summed E-state index contributed by atoms with van der Waals surface area (Å²) in [6.45, 7) is 0.617. The summed E-state index contributed by atoms with van der Waals surface area (Å²) in [7, 11) is 1.69. The number of amides is 1. The van der Waals surface area contributed by atoms with Crippen LogP contribution in [0, 0.1) is 6.92 Å². The van der Waals surface area contributed by atoms with Gasteiger partial charge in [-0.2, -0.15) is 18.3 Å². The number of imidazole rings is 1. The van der Waals surface area contributed by atoms with Gasteiger partial charge in [-0.3, -0.25) is 9.48 Å². The largest absolute Gasteiger partial charge is 0.406 e. The zero-order chi connectivity index (χ0) is 20.3. The summed E-state index contributed by atoms with van der Waals surface area (Å²) < 4.78 is 41.9. The Morgan fingerprint density at radius 2 is 1.96 bits per heavy atom. The van der Waals surface area contributed by atoms with Crippen LogP contribution in [0.3, 0.4) is 0 Å². The molecular formula is C18H18F3N5OS. The van der Waals surface area contributed by atoms with E-state index in [0.29, 0.717) is 17.1 Å². The predicted octanol–water partition coefficient (Wildman–Crippen LogP) is 3.89. The monoisotopic (exact) mass is 409 g/mol. The maximum atomic E-state index is 13.1. The van der Waals surface area contributed by atoms with E-state index in [9.17, 15) is 18.0 Å². The van der Waals surface area contributed by atoms with E-state index >= 15 is 0 Å². The number of rotatable bonds is 6. The molecule has 1 N–H and O–H groups in total. The van der Waals surface area contributed by atoms with E-state index < -0.39 is 12.7 Å². The molecule has 28 heavy (non-hydrogen) atoms. The molecule has 0 fully saturated rings. The third-order valence-corrected chi connectivity index (χ3v) is 4.82. The van der Waals surface area contributed by atoms with Gasteiger partial charge in [0.1, 0.15) is 12.4 Å². The summed E-state index contributed by atoms with van der Waals surface area (Å²) in [4.78, 5) is 16.3. The number of carbonyl (C=O) groups is 1. The first-order valence-corrected chi connectivity index (χ1v) is 9.32. The molecule has 1 amide bonds. The van der Waals surface area contributed by atoms with Crippen molar-refractivity contribution in [2.75, 3.05) is 11.1 Å². The molecule has 0 saturated carbocycles. The molecule has 0 saturated heterocycles.